The predicted octanol–water partition coefficient (Wildman–Crippen LogP) is 1.41. The number of halogens is 4. The number of carbonyl (C=O) groups is 4. The highest BCUT2D eigenvalue weighted by molar-refractivity contribution is 5.85. The number of piperazine rings is 2. The van der Waals surface area contributed by atoms with E-state index in [0.717, 1.165) is 0 Å². The maximum absolute atomic E-state index is 14.2. The van der Waals surface area contributed by atoms with E-state index in [9.17, 15) is 37.5 Å². The molecule has 2 amide bonds. The summed E-state index contributed by atoms with van der Waals surface area (Å²) in [6.45, 7) is 11.8. The molecule has 6 N–H and O–H groups in total. The minimum absolute atomic E-state index is 0. The van der Waals surface area contributed by atoms with Gasteiger partial charge in [-0.15, -0.1) is 29.0 Å². The van der Waals surface area contributed by atoms with Crippen molar-refractivity contribution in [2.75, 3.05) is 120 Å². The summed E-state index contributed by atoms with van der Waals surface area (Å²) in [7, 11) is 0. The first kappa shape index (κ1) is 59.6. The molecule has 3 unspecified atom stereocenters. The molecule has 25 nitrogen and oxygen atoms in total. The van der Waals surface area contributed by atoms with E-state index in [2.05, 4.69) is 36.6 Å². The second-order valence-electron chi connectivity index (χ2n) is 17.8. The van der Waals surface area contributed by atoms with Crippen LogP contribution in [0.2, 0.25) is 0 Å². The van der Waals surface area contributed by atoms with Crippen molar-refractivity contribution < 1.29 is 56.4 Å². The monoisotopic (exact) mass is 1060 g/mol. The Kier molecular flexibility index (Phi) is 23.7. The van der Waals surface area contributed by atoms with Gasteiger partial charge in [-0.25, -0.2) is 14.2 Å². The lowest BCUT2D eigenvalue weighted by Gasteiger charge is -2.38. The summed E-state index contributed by atoms with van der Waals surface area (Å²) in [5.41, 5.74) is 12.9. The third-order valence-electron chi connectivity index (χ3n) is 11.9. The fourth-order valence-corrected chi connectivity index (χ4v) is 7.81. The molecule has 73 heavy (non-hydrogen) atoms. The molecule has 0 bridgehead atoms. The van der Waals surface area contributed by atoms with Crippen LogP contribution in [-0.4, -0.2) is 195 Å². The number of carboxylic acids is 1. The summed E-state index contributed by atoms with van der Waals surface area (Å²) in [6.07, 6.45) is 3.98. The fraction of sp³-hybridized carbons (Fsp3) is 0.705. The first-order chi connectivity index (χ1) is 34.4. The highest BCUT2D eigenvalue weighted by Gasteiger charge is 2.41. The Morgan fingerprint density at radius 3 is 1.88 bits per heavy atom. The number of hydrogen-bond acceptors (Lipinski definition) is 20. The molecule has 0 saturated carbocycles. The van der Waals surface area contributed by atoms with E-state index >= 15 is 0 Å². The predicted molar refractivity (Wildman–Crippen MR) is 259 cm³/mol. The van der Waals surface area contributed by atoms with Gasteiger partial charge in [0.15, 0.2) is 0 Å². The SMILES string of the molecule is C#CCOCCOCCOCCNc1nc(N2CCN(C(=O)C([C@@H](C)CC)n3cc(C(N)COC(=O)C(F)(F)F)nn3)CC2)nc(N2CCN(C(=O)[C@H](CCC(=O)O)n3cc(C(N)CC(C)C)nn3)CC2)n1.Cl. The van der Waals surface area contributed by atoms with Crippen molar-refractivity contribution in [1.82, 2.24) is 54.7 Å². The van der Waals surface area contributed by atoms with Gasteiger partial charge in [-0.1, -0.05) is 50.5 Å². The van der Waals surface area contributed by atoms with Crippen LogP contribution in [0.1, 0.15) is 88.9 Å². The van der Waals surface area contributed by atoms with Crippen LogP contribution in [0.15, 0.2) is 12.4 Å². The smallest absolute Gasteiger partial charge is 0.481 e. The van der Waals surface area contributed by atoms with E-state index in [-0.39, 0.29) is 87.4 Å². The van der Waals surface area contributed by atoms with Gasteiger partial charge in [-0.3, -0.25) is 14.4 Å². The van der Waals surface area contributed by atoms with Gasteiger partial charge in [0, 0.05) is 65.3 Å². The molecule has 0 aromatic carbocycles. The second kappa shape index (κ2) is 29.0. The molecular formula is C44H68ClF3N16O9. The summed E-state index contributed by atoms with van der Waals surface area (Å²) in [5.74, 6) is -0.549. The number of carbonyl (C=O) groups excluding carboxylic acids is 3. The third-order valence-corrected chi connectivity index (χ3v) is 11.9. The molecule has 5 heterocycles. The lowest BCUT2D eigenvalue weighted by Crippen LogP contribution is -2.52. The summed E-state index contributed by atoms with van der Waals surface area (Å²) in [6, 6.07) is -3.35. The first-order valence-corrected chi connectivity index (χ1v) is 23.9. The molecule has 2 fully saturated rings. The summed E-state index contributed by atoms with van der Waals surface area (Å²) in [5, 5.41) is 29.2. The molecule has 0 radical (unpaired) electrons. The largest absolute Gasteiger partial charge is 0.490 e. The number of terminal acetylenes is 1. The molecule has 2 aliphatic rings. The van der Waals surface area contributed by atoms with Crippen molar-refractivity contribution in [3.63, 3.8) is 0 Å². The van der Waals surface area contributed by atoms with Crippen LogP contribution in [-0.2, 0) is 38.1 Å². The number of nitrogens with two attached hydrogens (primary N) is 2. The number of amides is 2. The molecule has 0 spiro atoms. The van der Waals surface area contributed by atoms with E-state index in [1.807, 2.05) is 37.5 Å². The van der Waals surface area contributed by atoms with Gasteiger partial charge in [0.1, 0.15) is 31.0 Å². The number of nitrogens with one attached hydrogen (secondary N) is 1. The zero-order chi connectivity index (χ0) is 52.4. The summed E-state index contributed by atoms with van der Waals surface area (Å²) in [4.78, 5) is 72.7. The van der Waals surface area contributed by atoms with E-state index in [1.165, 1.54) is 15.6 Å². The van der Waals surface area contributed by atoms with Gasteiger partial charge >= 0.3 is 18.1 Å². The number of ether oxygens (including phenoxy) is 4. The Bertz CT molecular complexity index is 2250. The number of hydrogen-bond donors (Lipinski definition) is 4. The van der Waals surface area contributed by atoms with Crippen molar-refractivity contribution >= 4 is 54.0 Å². The number of anilines is 3. The molecule has 5 atom stereocenters. The number of aliphatic carboxylic acids is 1. The fourth-order valence-electron chi connectivity index (χ4n) is 7.81. The normalized spacial score (nSPS) is 16.3. The van der Waals surface area contributed by atoms with Gasteiger partial charge in [-0.2, -0.15) is 28.1 Å². The van der Waals surface area contributed by atoms with E-state index < -0.39 is 48.9 Å². The average Bonchev–Trinajstić information content (AvgIpc) is 4.06. The minimum atomic E-state index is -5.18. The van der Waals surface area contributed by atoms with Crippen LogP contribution in [0.4, 0.5) is 31.0 Å². The van der Waals surface area contributed by atoms with E-state index in [4.69, 9.17) is 47.1 Å². The van der Waals surface area contributed by atoms with Crippen LogP contribution < -0.4 is 26.6 Å². The number of carboxylic acid groups (broad SMARTS) is 1. The van der Waals surface area contributed by atoms with E-state index in [0.29, 0.717) is 102 Å². The number of rotatable bonds is 28. The molecule has 406 valence electrons. The highest BCUT2D eigenvalue weighted by Crippen LogP contribution is 2.28. The first-order valence-electron chi connectivity index (χ1n) is 23.9. The van der Waals surface area contributed by atoms with Gasteiger partial charge in [0.05, 0.1) is 63.2 Å². The summed E-state index contributed by atoms with van der Waals surface area (Å²) >= 11 is 0. The summed E-state index contributed by atoms with van der Waals surface area (Å²) < 4.78 is 61.5. The van der Waals surface area contributed by atoms with Crippen LogP contribution in [0.3, 0.4) is 0 Å². The highest BCUT2D eigenvalue weighted by atomic mass is 35.5. The lowest BCUT2D eigenvalue weighted by molar-refractivity contribution is -0.200. The van der Waals surface area contributed by atoms with Crippen LogP contribution in [0, 0.1) is 24.2 Å². The van der Waals surface area contributed by atoms with Crippen LogP contribution >= 0.6 is 12.4 Å². The standard InChI is InChI=1S/C44H67F3N16O9.ClH/c1-6-19-69-21-23-71-24-22-70-20-10-50-41-51-42(60-15-11-58(12-16-60)38(66)35(8-9-36(64)65)62-26-33(54-56-62)31(48)25-29(3)4)53-43(52-41)61-17-13-59(14-18-61)39(67)37(30(5)7-2)63-27-34(55-57-63)32(49)28-72-40(68)44(45,46)47;/h1,26-27,29-32,35,37H,7-25,28,48-49H2,2-5H3,(H,64,65)(H,50,51,52,53);1H/t30-,31?,32?,35-,37?;/m0./s1. The Hall–Kier alpha value is -5.99. The van der Waals surface area contributed by atoms with Crippen molar-refractivity contribution in [3.05, 3.63) is 23.8 Å². The molecular weight excluding hydrogens is 989 g/mol. The lowest BCUT2D eigenvalue weighted by atomic mass is 9.97. The molecule has 0 aliphatic carbocycles. The molecule has 3 aromatic rings. The topological polar surface area (TPSA) is 303 Å². The molecule has 5 rings (SSSR count). The second-order valence-corrected chi connectivity index (χ2v) is 17.8. The minimum Gasteiger partial charge on any atom is -0.481 e. The number of esters is 1. The Labute approximate surface area is 427 Å². The zero-order valence-corrected chi connectivity index (χ0v) is 42.4. The van der Waals surface area contributed by atoms with Gasteiger partial charge < -0.3 is 60.4 Å². The number of aromatic nitrogens is 9. The van der Waals surface area contributed by atoms with Gasteiger partial charge in [-0.05, 0) is 24.7 Å². The Morgan fingerprint density at radius 1 is 0.795 bits per heavy atom. The Balaban J connectivity index is 0.0000116. The van der Waals surface area contributed by atoms with Crippen LogP contribution in [0.5, 0.6) is 0 Å². The van der Waals surface area contributed by atoms with Crippen molar-refractivity contribution in [1.29, 1.82) is 0 Å². The molecule has 2 aliphatic heterocycles. The Morgan fingerprint density at radius 2 is 1.33 bits per heavy atom. The number of nitrogens with zero attached hydrogens (tertiary/aromatic N) is 13. The maximum atomic E-state index is 14.2. The third kappa shape index (κ3) is 17.9. The van der Waals surface area contributed by atoms with Gasteiger partial charge in [0.2, 0.25) is 29.7 Å². The molecule has 3 aromatic heterocycles. The zero-order valence-electron chi connectivity index (χ0n) is 41.6. The molecule has 29 heteroatoms. The van der Waals surface area contributed by atoms with Crippen molar-refractivity contribution in [2.24, 2.45) is 23.3 Å². The van der Waals surface area contributed by atoms with E-state index in [1.54, 1.807) is 16.0 Å². The van der Waals surface area contributed by atoms with Crippen molar-refractivity contribution in [2.45, 2.75) is 83.7 Å². The maximum Gasteiger partial charge on any atom is 0.490 e. The number of alkyl halides is 3. The average molecular weight is 1060 g/mol. The van der Waals surface area contributed by atoms with Crippen LogP contribution in [0.25, 0.3) is 0 Å². The van der Waals surface area contributed by atoms with Crippen molar-refractivity contribution in [3.8, 4) is 12.3 Å². The van der Waals surface area contributed by atoms with Gasteiger partial charge in [0.25, 0.3) is 0 Å². The molecule has 2 saturated heterocycles. The quantitative estimate of drug-likeness (QED) is 0.0454.